The first-order chi connectivity index (χ1) is 6.88. The molecule has 1 aromatic rings. The Bertz CT molecular complexity index is 272. The molecule has 1 aromatic heterocycles. The van der Waals surface area contributed by atoms with Gasteiger partial charge in [-0.3, -0.25) is 9.97 Å². The van der Waals surface area contributed by atoms with Crippen LogP contribution in [0.2, 0.25) is 0 Å². The summed E-state index contributed by atoms with van der Waals surface area (Å²) in [4.78, 5) is 8.07. The largest absolute Gasteiger partial charge is 0.386 e. The lowest BCUT2D eigenvalue weighted by Gasteiger charge is -2.26. The third kappa shape index (κ3) is 2.08. The Labute approximate surface area is 83.4 Å². The SMILES string of the molecule is OC(c1cnccn1)C1CCCNC1. The maximum atomic E-state index is 10.0. The van der Waals surface area contributed by atoms with Gasteiger partial charge in [0, 0.05) is 24.9 Å². The van der Waals surface area contributed by atoms with Gasteiger partial charge in [0.15, 0.2) is 0 Å². The molecule has 2 N–H and O–H groups in total. The van der Waals surface area contributed by atoms with Gasteiger partial charge in [-0.2, -0.15) is 0 Å². The molecule has 1 saturated heterocycles. The van der Waals surface area contributed by atoms with Gasteiger partial charge in [0.25, 0.3) is 0 Å². The standard InChI is InChI=1S/C10H15N3O/c14-10(8-2-1-3-11-6-8)9-7-12-4-5-13-9/h4-5,7-8,10-11,14H,1-3,6H2. The molecule has 0 aromatic carbocycles. The van der Waals surface area contributed by atoms with Crippen LogP contribution in [0.4, 0.5) is 0 Å². The molecule has 0 radical (unpaired) electrons. The van der Waals surface area contributed by atoms with Gasteiger partial charge in [0.05, 0.1) is 11.9 Å². The summed E-state index contributed by atoms with van der Waals surface area (Å²) in [6.07, 6.45) is 6.59. The summed E-state index contributed by atoms with van der Waals surface area (Å²) in [7, 11) is 0. The molecule has 2 unspecified atom stereocenters. The van der Waals surface area contributed by atoms with Crippen molar-refractivity contribution < 1.29 is 5.11 Å². The summed E-state index contributed by atoms with van der Waals surface area (Å²) in [6, 6.07) is 0. The summed E-state index contributed by atoms with van der Waals surface area (Å²) >= 11 is 0. The number of piperidine rings is 1. The summed E-state index contributed by atoms with van der Waals surface area (Å²) in [5.41, 5.74) is 0.682. The van der Waals surface area contributed by atoms with Gasteiger partial charge < -0.3 is 10.4 Å². The Hall–Kier alpha value is -1.00. The van der Waals surface area contributed by atoms with Crippen LogP contribution in [0, 0.1) is 5.92 Å². The monoisotopic (exact) mass is 193 g/mol. The van der Waals surface area contributed by atoms with E-state index < -0.39 is 6.10 Å². The predicted molar refractivity (Wildman–Crippen MR) is 52.6 cm³/mol. The van der Waals surface area contributed by atoms with E-state index in [4.69, 9.17) is 0 Å². The average Bonchev–Trinajstić information content (AvgIpc) is 2.30. The van der Waals surface area contributed by atoms with E-state index in [1.54, 1.807) is 18.6 Å². The smallest absolute Gasteiger partial charge is 0.102 e. The van der Waals surface area contributed by atoms with Gasteiger partial charge in [-0.25, -0.2) is 0 Å². The minimum absolute atomic E-state index is 0.278. The lowest BCUT2D eigenvalue weighted by Crippen LogP contribution is -2.33. The predicted octanol–water partition coefficient (Wildman–Crippen LogP) is 0.510. The Balaban J connectivity index is 2.03. The van der Waals surface area contributed by atoms with Gasteiger partial charge in [0.2, 0.25) is 0 Å². The molecule has 2 heterocycles. The van der Waals surface area contributed by atoms with Gasteiger partial charge >= 0.3 is 0 Å². The lowest BCUT2D eigenvalue weighted by atomic mass is 9.92. The van der Waals surface area contributed by atoms with Crippen molar-refractivity contribution in [2.45, 2.75) is 18.9 Å². The van der Waals surface area contributed by atoms with Crippen molar-refractivity contribution in [3.63, 3.8) is 0 Å². The number of aliphatic hydroxyl groups excluding tert-OH is 1. The number of hydrogen-bond donors (Lipinski definition) is 2. The normalized spacial score (nSPS) is 24.5. The molecule has 0 bridgehead atoms. The van der Waals surface area contributed by atoms with Gasteiger partial charge in [-0.1, -0.05) is 0 Å². The summed E-state index contributed by atoms with van der Waals surface area (Å²) in [5.74, 6) is 0.278. The van der Waals surface area contributed by atoms with Crippen molar-refractivity contribution in [2.24, 2.45) is 5.92 Å². The number of aromatic nitrogens is 2. The Morgan fingerprint density at radius 3 is 3.07 bits per heavy atom. The quantitative estimate of drug-likeness (QED) is 0.718. The molecular weight excluding hydrogens is 178 g/mol. The van der Waals surface area contributed by atoms with E-state index in [0.717, 1.165) is 25.9 Å². The van der Waals surface area contributed by atoms with Crippen molar-refractivity contribution in [3.8, 4) is 0 Å². The summed E-state index contributed by atoms with van der Waals surface area (Å²) < 4.78 is 0. The van der Waals surface area contributed by atoms with Crippen LogP contribution in [0.1, 0.15) is 24.6 Å². The zero-order chi connectivity index (χ0) is 9.80. The van der Waals surface area contributed by atoms with Crippen molar-refractivity contribution in [3.05, 3.63) is 24.3 Å². The Morgan fingerprint density at radius 1 is 1.50 bits per heavy atom. The van der Waals surface area contributed by atoms with E-state index in [1.165, 1.54) is 0 Å². The molecule has 0 amide bonds. The van der Waals surface area contributed by atoms with E-state index in [1.807, 2.05) is 0 Å². The van der Waals surface area contributed by atoms with E-state index in [-0.39, 0.29) is 5.92 Å². The number of hydrogen-bond acceptors (Lipinski definition) is 4. The van der Waals surface area contributed by atoms with Crippen LogP contribution in [0.25, 0.3) is 0 Å². The number of nitrogens with one attached hydrogen (secondary N) is 1. The van der Waals surface area contributed by atoms with Crippen LogP contribution >= 0.6 is 0 Å². The maximum Gasteiger partial charge on any atom is 0.102 e. The van der Waals surface area contributed by atoms with Crippen molar-refractivity contribution in [1.82, 2.24) is 15.3 Å². The second kappa shape index (κ2) is 4.48. The molecular formula is C10H15N3O. The molecule has 4 nitrogen and oxygen atoms in total. The molecule has 1 fully saturated rings. The van der Waals surface area contributed by atoms with Crippen LogP contribution in [0.5, 0.6) is 0 Å². The lowest BCUT2D eigenvalue weighted by molar-refractivity contribution is 0.0880. The minimum Gasteiger partial charge on any atom is -0.386 e. The highest BCUT2D eigenvalue weighted by Gasteiger charge is 2.23. The molecule has 1 aliphatic heterocycles. The zero-order valence-corrected chi connectivity index (χ0v) is 8.06. The van der Waals surface area contributed by atoms with Crippen LogP contribution in [0.3, 0.4) is 0 Å². The third-order valence-corrected chi connectivity index (χ3v) is 2.67. The van der Waals surface area contributed by atoms with Crippen LogP contribution in [-0.2, 0) is 0 Å². The Kier molecular flexibility index (Phi) is 3.06. The van der Waals surface area contributed by atoms with Crippen LogP contribution in [0.15, 0.2) is 18.6 Å². The van der Waals surface area contributed by atoms with E-state index in [0.29, 0.717) is 5.69 Å². The van der Waals surface area contributed by atoms with Crippen LogP contribution in [-0.4, -0.2) is 28.2 Å². The van der Waals surface area contributed by atoms with Gasteiger partial charge in [-0.15, -0.1) is 0 Å². The van der Waals surface area contributed by atoms with E-state index in [2.05, 4.69) is 15.3 Å². The van der Waals surface area contributed by atoms with E-state index in [9.17, 15) is 5.11 Å². The number of rotatable bonds is 2. The fourth-order valence-electron chi connectivity index (χ4n) is 1.85. The van der Waals surface area contributed by atoms with Crippen molar-refractivity contribution in [1.29, 1.82) is 0 Å². The Morgan fingerprint density at radius 2 is 2.43 bits per heavy atom. The fraction of sp³-hybridized carbons (Fsp3) is 0.600. The third-order valence-electron chi connectivity index (χ3n) is 2.67. The molecule has 0 aliphatic carbocycles. The van der Waals surface area contributed by atoms with Crippen molar-refractivity contribution >= 4 is 0 Å². The molecule has 4 heteroatoms. The highest BCUT2D eigenvalue weighted by atomic mass is 16.3. The number of nitrogens with zero attached hydrogens (tertiary/aromatic N) is 2. The topological polar surface area (TPSA) is 58.0 Å². The first kappa shape index (κ1) is 9.55. The second-order valence-electron chi connectivity index (χ2n) is 3.68. The molecule has 0 spiro atoms. The molecule has 76 valence electrons. The highest BCUT2D eigenvalue weighted by Crippen LogP contribution is 2.24. The maximum absolute atomic E-state index is 10.0. The summed E-state index contributed by atoms with van der Waals surface area (Å²) in [5, 5.41) is 13.3. The average molecular weight is 193 g/mol. The molecule has 0 saturated carbocycles. The highest BCUT2D eigenvalue weighted by molar-refractivity contribution is 5.01. The summed E-state index contributed by atoms with van der Waals surface area (Å²) in [6.45, 7) is 1.93. The van der Waals surface area contributed by atoms with E-state index >= 15 is 0 Å². The molecule has 2 rings (SSSR count). The van der Waals surface area contributed by atoms with Gasteiger partial charge in [0.1, 0.15) is 6.10 Å². The first-order valence-corrected chi connectivity index (χ1v) is 5.02. The zero-order valence-electron chi connectivity index (χ0n) is 8.06. The molecule has 1 aliphatic rings. The fourth-order valence-corrected chi connectivity index (χ4v) is 1.85. The minimum atomic E-state index is -0.475. The first-order valence-electron chi connectivity index (χ1n) is 5.02. The molecule has 14 heavy (non-hydrogen) atoms. The van der Waals surface area contributed by atoms with Crippen molar-refractivity contribution in [2.75, 3.05) is 13.1 Å². The second-order valence-corrected chi connectivity index (χ2v) is 3.68. The van der Waals surface area contributed by atoms with Gasteiger partial charge in [-0.05, 0) is 19.4 Å². The van der Waals surface area contributed by atoms with Crippen LogP contribution < -0.4 is 5.32 Å². The number of aliphatic hydroxyl groups is 1. The molecule has 2 atom stereocenters.